The Hall–Kier alpha value is -3.37. The van der Waals surface area contributed by atoms with Crippen molar-refractivity contribution in [1.82, 2.24) is 19.7 Å². The fraction of sp³-hybridized carbons (Fsp3) is 0.217. The number of anilines is 1. The quantitative estimate of drug-likeness (QED) is 0.340. The van der Waals surface area contributed by atoms with Crippen LogP contribution in [-0.4, -0.2) is 38.5 Å². The fourth-order valence-corrected chi connectivity index (χ4v) is 4.58. The summed E-state index contributed by atoms with van der Waals surface area (Å²) in [6.45, 7) is 3.79. The number of thioether (sulfide) groups is 1. The highest BCUT2D eigenvalue weighted by molar-refractivity contribution is 7.99. The van der Waals surface area contributed by atoms with Crippen LogP contribution in [0.3, 0.4) is 0 Å². The molecule has 4 rings (SSSR count). The highest BCUT2D eigenvalue weighted by Gasteiger charge is 2.22. The van der Waals surface area contributed by atoms with Crippen molar-refractivity contribution < 1.29 is 14.3 Å². The second-order valence-electron chi connectivity index (χ2n) is 7.05. The Morgan fingerprint density at radius 3 is 2.55 bits per heavy atom. The molecular formula is C23H23N5O3S2. The van der Waals surface area contributed by atoms with E-state index in [2.05, 4.69) is 20.5 Å². The second kappa shape index (κ2) is 10.5. The predicted octanol–water partition coefficient (Wildman–Crippen LogP) is 4.91. The Labute approximate surface area is 200 Å². The normalized spacial score (nSPS) is 11.7. The maximum atomic E-state index is 12.4. The highest BCUT2D eigenvalue weighted by Crippen LogP contribution is 2.32. The Bertz CT molecular complexity index is 1230. The molecule has 0 aliphatic carbocycles. The van der Waals surface area contributed by atoms with E-state index in [-0.39, 0.29) is 11.7 Å². The lowest BCUT2D eigenvalue weighted by Crippen LogP contribution is -2.15. The molecule has 10 heteroatoms. The number of aryl methyl sites for hydroxylation is 1. The lowest BCUT2D eigenvalue weighted by Gasteiger charge is -2.18. The zero-order chi connectivity index (χ0) is 23.2. The number of rotatable bonds is 9. The van der Waals surface area contributed by atoms with Crippen LogP contribution < -0.4 is 14.8 Å². The Kier molecular flexibility index (Phi) is 7.26. The predicted molar refractivity (Wildman–Crippen MR) is 130 cm³/mol. The minimum Gasteiger partial charge on any atom is -0.493 e. The molecule has 170 valence electrons. The van der Waals surface area contributed by atoms with Crippen LogP contribution in [0.15, 0.2) is 65.1 Å². The van der Waals surface area contributed by atoms with Gasteiger partial charge in [0.15, 0.2) is 33.7 Å². The number of methoxy groups -OCH3 is 1. The highest BCUT2D eigenvalue weighted by atomic mass is 32.2. The van der Waals surface area contributed by atoms with E-state index in [1.165, 1.54) is 23.1 Å². The van der Waals surface area contributed by atoms with E-state index < -0.39 is 6.10 Å². The van der Waals surface area contributed by atoms with Crippen LogP contribution in [0.25, 0.3) is 5.69 Å². The van der Waals surface area contributed by atoms with Gasteiger partial charge in [0, 0.05) is 11.1 Å². The molecule has 0 aliphatic heterocycles. The Morgan fingerprint density at radius 2 is 1.85 bits per heavy atom. The van der Waals surface area contributed by atoms with Crippen LogP contribution in [0, 0.1) is 6.92 Å². The zero-order valence-electron chi connectivity index (χ0n) is 18.4. The van der Waals surface area contributed by atoms with Crippen molar-refractivity contribution >= 4 is 34.1 Å². The summed E-state index contributed by atoms with van der Waals surface area (Å²) in [5.74, 6) is 1.88. The zero-order valence-corrected chi connectivity index (χ0v) is 20.0. The van der Waals surface area contributed by atoms with Gasteiger partial charge in [-0.15, -0.1) is 21.5 Å². The van der Waals surface area contributed by atoms with Gasteiger partial charge in [-0.2, -0.15) is 0 Å². The molecule has 0 bridgehead atoms. The van der Waals surface area contributed by atoms with Gasteiger partial charge in [-0.1, -0.05) is 42.1 Å². The summed E-state index contributed by atoms with van der Waals surface area (Å²) in [4.78, 5) is 16.7. The van der Waals surface area contributed by atoms with Crippen LogP contribution >= 0.6 is 23.1 Å². The van der Waals surface area contributed by atoms with Crippen molar-refractivity contribution in [3.63, 3.8) is 0 Å². The third kappa shape index (κ3) is 5.52. The number of aromatic nitrogens is 4. The average Bonchev–Trinajstić information content (AvgIpc) is 3.44. The first-order valence-electron chi connectivity index (χ1n) is 10.2. The van der Waals surface area contributed by atoms with Crippen molar-refractivity contribution in [1.29, 1.82) is 0 Å². The van der Waals surface area contributed by atoms with E-state index in [0.29, 0.717) is 27.6 Å². The summed E-state index contributed by atoms with van der Waals surface area (Å²) in [5.41, 5.74) is 1.76. The topological polar surface area (TPSA) is 91.2 Å². The van der Waals surface area contributed by atoms with Gasteiger partial charge in [-0.3, -0.25) is 9.36 Å². The van der Waals surface area contributed by atoms with Crippen LogP contribution in [0.4, 0.5) is 5.13 Å². The number of thiazole rings is 1. The minimum absolute atomic E-state index is 0.156. The third-order valence-corrected chi connectivity index (χ3v) is 6.41. The van der Waals surface area contributed by atoms with Gasteiger partial charge in [0.05, 0.1) is 18.6 Å². The van der Waals surface area contributed by atoms with Gasteiger partial charge in [-0.05, 0) is 38.1 Å². The number of amides is 1. The van der Waals surface area contributed by atoms with Gasteiger partial charge in [0.2, 0.25) is 5.91 Å². The molecule has 8 nitrogen and oxygen atoms in total. The number of para-hydroxylation sites is 3. The molecule has 0 aliphatic rings. The van der Waals surface area contributed by atoms with Gasteiger partial charge in [0.25, 0.3) is 0 Å². The van der Waals surface area contributed by atoms with Crippen molar-refractivity contribution in [2.24, 2.45) is 0 Å². The molecule has 1 unspecified atom stereocenters. The maximum Gasteiger partial charge on any atom is 0.236 e. The molecule has 2 heterocycles. The first-order chi connectivity index (χ1) is 16.0. The first-order valence-corrected chi connectivity index (χ1v) is 12.1. The molecule has 0 radical (unpaired) electrons. The second-order valence-corrected chi connectivity index (χ2v) is 8.85. The molecule has 0 saturated carbocycles. The van der Waals surface area contributed by atoms with Crippen molar-refractivity contribution in [3.05, 3.63) is 71.5 Å². The van der Waals surface area contributed by atoms with E-state index in [4.69, 9.17) is 9.47 Å². The molecule has 1 amide bonds. The molecular weight excluding hydrogens is 458 g/mol. The van der Waals surface area contributed by atoms with Crippen molar-refractivity contribution in [2.75, 3.05) is 18.2 Å². The molecule has 2 aromatic heterocycles. The minimum atomic E-state index is -0.421. The van der Waals surface area contributed by atoms with Gasteiger partial charge in [0.1, 0.15) is 0 Å². The Morgan fingerprint density at radius 1 is 1.12 bits per heavy atom. The molecule has 0 saturated heterocycles. The summed E-state index contributed by atoms with van der Waals surface area (Å²) >= 11 is 2.70. The van der Waals surface area contributed by atoms with Crippen molar-refractivity contribution in [3.8, 4) is 17.2 Å². The number of ether oxygens (including phenoxy) is 2. The number of hydrogen-bond donors (Lipinski definition) is 1. The van der Waals surface area contributed by atoms with Crippen molar-refractivity contribution in [2.45, 2.75) is 25.1 Å². The van der Waals surface area contributed by atoms with E-state index in [0.717, 1.165) is 11.4 Å². The van der Waals surface area contributed by atoms with E-state index in [1.807, 2.05) is 78.4 Å². The molecule has 1 atom stereocenters. The number of nitrogens with one attached hydrogen (secondary N) is 1. The van der Waals surface area contributed by atoms with Crippen LogP contribution in [0.2, 0.25) is 0 Å². The van der Waals surface area contributed by atoms with Gasteiger partial charge >= 0.3 is 0 Å². The van der Waals surface area contributed by atoms with Gasteiger partial charge in [-0.25, -0.2) is 4.98 Å². The Balaban J connectivity index is 1.56. The SMILES string of the molecule is COc1ccccc1OC(C)c1nnc(SCC(=O)Nc2nc(C)cs2)n1-c1ccccc1. The molecule has 1 N–H and O–H groups in total. The van der Waals surface area contributed by atoms with Gasteiger partial charge < -0.3 is 14.8 Å². The maximum absolute atomic E-state index is 12.4. The van der Waals surface area contributed by atoms with E-state index >= 15 is 0 Å². The number of nitrogens with zero attached hydrogens (tertiary/aromatic N) is 4. The summed E-state index contributed by atoms with van der Waals surface area (Å²) in [7, 11) is 1.60. The molecule has 4 aromatic rings. The van der Waals surface area contributed by atoms with Crippen LogP contribution in [-0.2, 0) is 4.79 Å². The standard InChI is InChI=1S/C23H23N5O3S2/c1-15-13-32-22(24-15)25-20(29)14-33-23-27-26-21(28(23)17-9-5-4-6-10-17)16(2)31-19-12-8-7-11-18(19)30-3/h4-13,16H,14H2,1-3H3,(H,24,25,29). The summed E-state index contributed by atoms with van der Waals surface area (Å²) < 4.78 is 13.5. The fourth-order valence-electron chi connectivity index (χ4n) is 3.11. The smallest absolute Gasteiger partial charge is 0.236 e. The van der Waals surface area contributed by atoms with E-state index in [9.17, 15) is 4.79 Å². The largest absolute Gasteiger partial charge is 0.493 e. The molecule has 33 heavy (non-hydrogen) atoms. The molecule has 2 aromatic carbocycles. The van der Waals surface area contributed by atoms with Crippen LogP contribution in [0.1, 0.15) is 24.5 Å². The summed E-state index contributed by atoms with van der Waals surface area (Å²) in [6, 6.07) is 17.2. The molecule has 0 spiro atoms. The summed E-state index contributed by atoms with van der Waals surface area (Å²) in [6.07, 6.45) is -0.421. The third-order valence-electron chi connectivity index (χ3n) is 4.61. The lowest BCUT2D eigenvalue weighted by atomic mass is 10.3. The monoisotopic (exact) mass is 481 g/mol. The van der Waals surface area contributed by atoms with Crippen LogP contribution in [0.5, 0.6) is 11.5 Å². The average molecular weight is 482 g/mol. The number of carbonyl (C=O) groups excluding carboxylic acids is 1. The van der Waals surface area contributed by atoms with E-state index in [1.54, 1.807) is 7.11 Å². The first kappa shape index (κ1) is 22.8. The number of benzene rings is 2. The number of carbonyl (C=O) groups is 1. The lowest BCUT2D eigenvalue weighted by molar-refractivity contribution is -0.113. The summed E-state index contributed by atoms with van der Waals surface area (Å²) in [5, 5.41) is 14.6. The number of hydrogen-bond acceptors (Lipinski definition) is 8. The molecule has 0 fully saturated rings.